The molecule has 2 atom stereocenters. The van der Waals surface area contributed by atoms with E-state index in [1.807, 2.05) is 0 Å². The molecular formula is C13H25NO5. The number of nitrogens with two attached hydrogens (primary N) is 1. The van der Waals surface area contributed by atoms with Gasteiger partial charge in [-0.25, -0.2) is 4.79 Å². The van der Waals surface area contributed by atoms with Gasteiger partial charge in [0.15, 0.2) is 6.10 Å². The lowest BCUT2D eigenvalue weighted by atomic mass is 10.1. The largest absolute Gasteiger partial charge is 0.464 e. The maximum absolute atomic E-state index is 11.6. The fraction of sp³-hybridized carbons (Fsp3) is 0.846. The summed E-state index contributed by atoms with van der Waals surface area (Å²) in [6.07, 6.45) is -0.146. The number of hydrogen-bond acceptors (Lipinski definition) is 6. The third kappa shape index (κ3) is 8.56. The lowest BCUT2D eigenvalue weighted by Gasteiger charge is -2.22. The van der Waals surface area contributed by atoms with E-state index in [2.05, 4.69) is 4.74 Å². The van der Waals surface area contributed by atoms with Gasteiger partial charge in [0, 0.05) is 0 Å². The highest BCUT2D eigenvalue weighted by Gasteiger charge is 2.23. The number of hydrogen-bond donors (Lipinski definition) is 2. The topological polar surface area (TPSA) is 98.9 Å². The van der Waals surface area contributed by atoms with Crippen molar-refractivity contribution in [1.29, 1.82) is 0 Å². The van der Waals surface area contributed by atoms with E-state index in [4.69, 9.17) is 10.5 Å². The molecule has 0 radical (unpaired) electrons. The summed E-state index contributed by atoms with van der Waals surface area (Å²) in [6.45, 7) is 7.20. The van der Waals surface area contributed by atoms with Crippen LogP contribution in [0.3, 0.4) is 0 Å². The SMILES string of the molecule is CCOC(=O)C(O)CCC[C@H](N)C(=O)OC(C)(C)C. The minimum atomic E-state index is -1.16. The standard InChI is InChI=1S/C13H25NO5/c1-5-18-12(17)10(15)8-6-7-9(14)11(16)19-13(2,3)4/h9-10,15H,5-8,14H2,1-4H3/t9-,10?/m0/s1. The summed E-state index contributed by atoms with van der Waals surface area (Å²) < 4.78 is 9.79. The predicted molar refractivity (Wildman–Crippen MR) is 70.3 cm³/mol. The van der Waals surface area contributed by atoms with Crippen molar-refractivity contribution in [2.24, 2.45) is 5.73 Å². The molecule has 0 fully saturated rings. The minimum Gasteiger partial charge on any atom is -0.464 e. The van der Waals surface area contributed by atoms with Crippen molar-refractivity contribution in [3.05, 3.63) is 0 Å². The van der Waals surface area contributed by atoms with Gasteiger partial charge in [0.25, 0.3) is 0 Å². The Morgan fingerprint density at radius 3 is 2.26 bits per heavy atom. The molecule has 6 heteroatoms. The highest BCUT2D eigenvalue weighted by molar-refractivity contribution is 5.76. The maximum Gasteiger partial charge on any atom is 0.334 e. The zero-order valence-corrected chi connectivity index (χ0v) is 12.1. The van der Waals surface area contributed by atoms with Gasteiger partial charge in [-0.3, -0.25) is 4.79 Å². The van der Waals surface area contributed by atoms with Crippen molar-refractivity contribution >= 4 is 11.9 Å². The first-order valence-electron chi connectivity index (χ1n) is 6.50. The third-order valence-corrected chi connectivity index (χ3v) is 2.26. The van der Waals surface area contributed by atoms with E-state index in [-0.39, 0.29) is 13.0 Å². The van der Waals surface area contributed by atoms with Gasteiger partial charge in [0.1, 0.15) is 11.6 Å². The van der Waals surface area contributed by atoms with Gasteiger partial charge in [-0.2, -0.15) is 0 Å². The Labute approximate surface area is 114 Å². The van der Waals surface area contributed by atoms with Crippen LogP contribution in [0, 0.1) is 0 Å². The van der Waals surface area contributed by atoms with Crippen molar-refractivity contribution in [2.45, 2.75) is 64.7 Å². The van der Waals surface area contributed by atoms with Crippen LogP contribution in [0.4, 0.5) is 0 Å². The fourth-order valence-corrected chi connectivity index (χ4v) is 1.38. The van der Waals surface area contributed by atoms with E-state index in [1.165, 1.54) is 0 Å². The van der Waals surface area contributed by atoms with Gasteiger partial charge in [-0.1, -0.05) is 0 Å². The lowest BCUT2D eigenvalue weighted by Crippen LogP contribution is -2.37. The average molecular weight is 275 g/mol. The fourth-order valence-electron chi connectivity index (χ4n) is 1.38. The molecule has 0 heterocycles. The molecule has 0 aromatic rings. The van der Waals surface area contributed by atoms with Crippen LogP contribution in [0.25, 0.3) is 0 Å². The molecule has 0 saturated heterocycles. The average Bonchev–Trinajstić information content (AvgIpc) is 2.26. The summed E-state index contributed by atoms with van der Waals surface area (Å²) in [5.74, 6) is -1.12. The number of aliphatic hydroxyl groups is 1. The molecule has 19 heavy (non-hydrogen) atoms. The van der Waals surface area contributed by atoms with Crippen LogP contribution in [0.15, 0.2) is 0 Å². The van der Waals surface area contributed by atoms with Crippen LogP contribution in [-0.4, -0.2) is 41.4 Å². The van der Waals surface area contributed by atoms with E-state index in [1.54, 1.807) is 27.7 Å². The number of esters is 2. The van der Waals surface area contributed by atoms with Crippen molar-refractivity contribution in [3.63, 3.8) is 0 Å². The van der Waals surface area contributed by atoms with Gasteiger partial charge in [0.05, 0.1) is 6.61 Å². The normalized spacial score (nSPS) is 14.6. The highest BCUT2D eigenvalue weighted by Crippen LogP contribution is 2.11. The first-order chi connectivity index (χ1) is 8.67. The van der Waals surface area contributed by atoms with Gasteiger partial charge < -0.3 is 20.3 Å². The summed E-state index contributed by atoms with van der Waals surface area (Å²) in [4.78, 5) is 22.7. The minimum absolute atomic E-state index is 0.218. The summed E-state index contributed by atoms with van der Waals surface area (Å²) in [6, 6.07) is -0.742. The van der Waals surface area contributed by atoms with E-state index in [0.717, 1.165) is 0 Å². The third-order valence-electron chi connectivity index (χ3n) is 2.26. The monoisotopic (exact) mass is 275 g/mol. The Morgan fingerprint density at radius 2 is 1.79 bits per heavy atom. The number of ether oxygens (including phenoxy) is 2. The van der Waals surface area contributed by atoms with Crippen LogP contribution in [-0.2, 0) is 19.1 Å². The van der Waals surface area contributed by atoms with Crippen molar-refractivity contribution in [1.82, 2.24) is 0 Å². The zero-order valence-electron chi connectivity index (χ0n) is 12.1. The molecule has 0 amide bonds. The van der Waals surface area contributed by atoms with E-state index in [9.17, 15) is 14.7 Å². The molecule has 0 spiro atoms. The summed E-state index contributed by atoms with van der Waals surface area (Å²) in [5.41, 5.74) is 5.10. The van der Waals surface area contributed by atoms with E-state index in [0.29, 0.717) is 12.8 Å². The number of carbonyl (C=O) groups is 2. The summed E-state index contributed by atoms with van der Waals surface area (Å²) >= 11 is 0. The number of aliphatic hydroxyl groups excluding tert-OH is 1. The zero-order chi connectivity index (χ0) is 15.1. The lowest BCUT2D eigenvalue weighted by molar-refractivity contribution is -0.156. The van der Waals surface area contributed by atoms with Crippen LogP contribution in [0.5, 0.6) is 0 Å². The van der Waals surface area contributed by atoms with Gasteiger partial charge in [-0.05, 0) is 47.0 Å². The Balaban J connectivity index is 3.94. The smallest absolute Gasteiger partial charge is 0.334 e. The summed E-state index contributed by atoms with van der Waals surface area (Å²) in [5, 5.41) is 9.46. The second-order valence-electron chi connectivity index (χ2n) is 5.34. The van der Waals surface area contributed by atoms with Gasteiger partial charge in [-0.15, -0.1) is 0 Å². The molecule has 0 bridgehead atoms. The molecule has 0 saturated carbocycles. The molecular weight excluding hydrogens is 250 g/mol. The molecule has 6 nitrogen and oxygen atoms in total. The molecule has 0 rings (SSSR count). The molecule has 0 aliphatic heterocycles. The second-order valence-corrected chi connectivity index (χ2v) is 5.34. The molecule has 0 aliphatic rings. The molecule has 0 aromatic carbocycles. The quantitative estimate of drug-likeness (QED) is 0.665. The van der Waals surface area contributed by atoms with Gasteiger partial charge >= 0.3 is 11.9 Å². The molecule has 112 valence electrons. The van der Waals surface area contributed by atoms with Crippen LogP contribution in [0.2, 0.25) is 0 Å². The number of carbonyl (C=O) groups excluding carboxylic acids is 2. The molecule has 0 aliphatic carbocycles. The number of rotatable bonds is 7. The first-order valence-corrected chi connectivity index (χ1v) is 6.50. The summed E-state index contributed by atoms with van der Waals surface area (Å²) in [7, 11) is 0. The second kappa shape index (κ2) is 8.12. The van der Waals surface area contributed by atoms with Crippen molar-refractivity contribution < 1.29 is 24.2 Å². The van der Waals surface area contributed by atoms with E-state index < -0.39 is 29.7 Å². The molecule has 0 aromatic heterocycles. The Hall–Kier alpha value is -1.14. The van der Waals surface area contributed by atoms with Crippen LogP contribution >= 0.6 is 0 Å². The van der Waals surface area contributed by atoms with Crippen LogP contribution in [0.1, 0.15) is 47.0 Å². The Morgan fingerprint density at radius 1 is 1.21 bits per heavy atom. The van der Waals surface area contributed by atoms with Crippen molar-refractivity contribution in [2.75, 3.05) is 6.61 Å². The van der Waals surface area contributed by atoms with Crippen LogP contribution < -0.4 is 5.73 Å². The Bertz CT molecular complexity index is 298. The molecule has 1 unspecified atom stereocenters. The highest BCUT2D eigenvalue weighted by atomic mass is 16.6. The van der Waals surface area contributed by atoms with Gasteiger partial charge in [0.2, 0.25) is 0 Å². The van der Waals surface area contributed by atoms with E-state index >= 15 is 0 Å². The Kier molecular flexibility index (Phi) is 7.63. The predicted octanol–water partition coefficient (Wildman–Crippen LogP) is 0.750. The molecule has 3 N–H and O–H groups in total. The first kappa shape index (κ1) is 17.9. The maximum atomic E-state index is 11.6. The van der Waals surface area contributed by atoms with Crippen molar-refractivity contribution in [3.8, 4) is 0 Å².